The smallest absolute Gasteiger partial charge is 0.328 e. The van der Waals surface area contributed by atoms with Gasteiger partial charge in [0, 0.05) is 24.9 Å². The van der Waals surface area contributed by atoms with Gasteiger partial charge >= 0.3 is 5.97 Å². The zero-order valence-electron chi connectivity index (χ0n) is 20.1. The lowest BCUT2D eigenvalue weighted by Crippen LogP contribution is -2.56. The van der Waals surface area contributed by atoms with E-state index in [2.05, 4.69) is 26.6 Å². The molecule has 0 saturated heterocycles. The van der Waals surface area contributed by atoms with E-state index in [9.17, 15) is 28.8 Å². The molecule has 35 heavy (non-hydrogen) atoms. The van der Waals surface area contributed by atoms with E-state index >= 15 is 0 Å². The van der Waals surface area contributed by atoms with Gasteiger partial charge in [-0.3, -0.25) is 24.0 Å². The highest BCUT2D eigenvalue weighted by Crippen LogP contribution is 2.13. The van der Waals surface area contributed by atoms with Crippen LogP contribution in [-0.2, 0) is 39.9 Å². The molecule has 0 aromatic heterocycles. The van der Waals surface area contributed by atoms with Gasteiger partial charge in [0.1, 0.15) is 24.2 Å². The maximum Gasteiger partial charge on any atom is 0.328 e. The summed E-state index contributed by atoms with van der Waals surface area (Å²) in [7, 11) is 1.20. The third-order valence-electron chi connectivity index (χ3n) is 5.33. The van der Waals surface area contributed by atoms with Crippen LogP contribution in [-0.4, -0.2) is 66.8 Å². The van der Waals surface area contributed by atoms with E-state index < -0.39 is 59.7 Å². The first-order chi connectivity index (χ1) is 16.5. The molecule has 0 radical (unpaired) electrons. The highest BCUT2D eigenvalue weighted by molar-refractivity contribution is 5.96. The quantitative estimate of drug-likeness (QED) is 0.252. The first kappa shape index (κ1) is 27.3. The van der Waals surface area contributed by atoms with Gasteiger partial charge in [-0.1, -0.05) is 12.1 Å². The molecule has 12 heteroatoms. The predicted molar refractivity (Wildman–Crippen MR) is 125 cm³/mol. The van der Waals surface area contributed by atoms with Crippen LogP contribution in [0.15, 0.2) is 24.3 Å². The number of hydrogen-bond acceptors (Lipinski definition) is 7. The Morgan fingerprint density at radius 3 is 1.77 bits per heavy atom. The maximum atomic E-state index is 12.6. The summed E-state index contributed by atoms with van der Waals surface area (Å²) in [6, 6.07) is 2.62. The molecule has 4 atom stereocenters. The Balaban J connectivity index is 2.25. The number of esters is 1. The number of rotatable bonds is 1. The van der Waals surface area contributed by atoms with Gasteiger partial charge in [-0.25, -0.2) is 4.79 Å². The number of carbonyl (C=O) groups is 6. The van der Waals surface area contributed by atoms with Crippen molar-refractivity contribution >= 4 is 41.2 Å². The van der Waals surface area contributed by atoms with Gasteiger partial charge in [0.2, 0.25) is 29.5 Å². The molecule has 5 N–H and O–H groups in total. The third-order valence-corrected chi connectivity index (χ3v) is 5.33. The third kappa shape index (κ3) is 8.40. The van der Waals surface area contributed by atoms with Crippen LogP contribution in [0.4, 0.5) is 5.69 Å². The molecule has 2 heterocycles. The van der Waals surface area contributed by atoms with Crippen molar-refractivity contribution < 1.29 is 33.5 Å². The van der Waals surface area contributed by atoms with E-state index in [1.807, 2.05) is 0 Å². The van der Waals surface area contributed by atoms with Gasteiger partial charge < -0.3 is 31.3 Å². The fourth-order valence-electron chi connectivity index (χ4n) is 3.23. The monoisotopic (exact) mass is 489 g/mol. The fourth-order valence-corrected chi connectivity index (χ4v) is 3.23. The van der Waals surface area contributed by atoms with E-state index in [0.29, 0.717) is 11.3 Å². The van der Waals surface area contributed by atoms with E-state index in [1.165, 1.54) is 27.9 Å². The molecule has 4 unspecified atom stereocenters. The van der Waals surface area contributed by atoms with Gasteiger partial charge in [-0.2, -0.15) is 0 Å². The van der Waals surface area contributed by atoms with Crippen molar-refractivity contribution in [1.82, 2.24) is 21.3 Å². The van der Waals surface area contributed by atoms with Crippen molar-refractivity contribution in [2.24, 2.45) is 0 Å². The van der Waals surface area contributed by atoms with Crippen molar-refractivity contribution in [3.63, 3.8) is 0 Å². The Kier molecular flexibility index (Phi) is 9.74. The van der Waals surface area contributed by atoms with Crippen LogP contribution in [0.5, 0.6) is 0 Å². The molecule has 12 nitrogen and oxygen atoms in total. The Hall–Kier alpha value is -3.96. The largest absolute Gasteiger partial charge is 0.467 e. The van der Waals surface area contributed by atoms with Crippen LogP contribution < -0.4 is 26.6 Å². The minimum absolute atomic E-state index is 0.102. The van der Waals surface area contributed by atoms with E-state index in [-0.39, 0.29) is 19.3 Å². The second-order valence-electron chi connectivity index (χ2n) is 8.28. The molecule has 3 rings (SSSR count). The van der Waals surface area contributed by atoms with Gasteiger partial charge in [0.05, 0.1) is 7.11 Å². The summed E-state index contributed by atoms with van der Waals surface area (Å²) in [6.07, 6.45) is -0.128. The average Bonchev–Trinajstić information content (AvgIpc) is 2.82. The SMILES string of the molecule is COC(=O)C1Cc2ccc(cc2)NC(=O)CCC(=O)NC(C)C(=O)NC(C)C(=O)NC(C)C(=O)N1. The summed E-state index contributed by atoms with van der Waals surface area (Å²) in [5.41, 5.74) is 1.17. The van der Waals surface area contributed by atoms with Crippen molar-refractivity contribution in [3.8, 4) is 0 Å². The topological polar surface area (TPSA) is 172 Å². The Labute approximate surface area is 202 Å². The fraction of sp³-hybridized carbons (Fsp3) is 0.478. The normalized spacial score (nSPS) is 25.2. The highest BCUT2D eigenvalue weighted by Gasteiger charge is 2.27. The van der Waals surface area contributed by atoms with Crippen LogP contribution >= 0.6 is 0 Å². The minimum atomic E-state index is -1.02. The number of hydrogen-bond donors (Lipinski definition) is 5. The summed E-state index contributed by atoms with van der Waals surface area (Å²) < 4.78 is 4.79. The van der Waals surface area contributed by atoms with Crippen LogP contribution in [0.25, 0.3) is 0 Å². The molecule has 0 aliphatic carbocycles. The second kappa shape index (κ2) is 12.5. The lowest BCUT2D eigenvalue weighted by Gasteiger charge is -2.22. The lowest BCUT2D eigenvalue weighted by atomic mass is 10.0. The number of benzene rings is 1. The second-order valence-corrected chi connectivity index (χ2v) is 8.28. The Morgan fingerprint density at radius 2 is 1.23 bits per heavy atom. The molecule has 0 fully saturated rings. The van der Waals surface area contributed by atoms with Crippen LogP contribution in [0.2, 0.25) is 0 Å². The van der Waals surface area contributed by atoms with Gasteiger partial charge in [0.25, 0.3) is 0 Å². The molecule has 2 aliphatic heterocycles. The number of fused-ring (bicyclic) bond motifs is 18. The van der Waals surface area contributed by atoms with E-state index in [1.54, 1.807) is 24.3 Å². The van der Waals surface area contributed by atoms with Crippen molar-refractivity contribution in [2.75, 3.05) is 12.4 Å². The van der Waals surface area contributed by atoms with Crippen molar-refractivity contribution in [2.45, 2.75) is 64.2 Å². The molecule has 0 saturated carbocycles. The summed E-state index contributed by atoms with van der Waals surface area (Å²) in [5, 5.41) is 12.6. The van der Waals surface area contributed by atoms with Gasteiger partial charge in [-0.05, 0) is 38.5 Å². The standard InChI is InChI=1S/C23H31N5O7/c1-12-20(31)25-13(2)21(32)26-14(3)22(33)28-17(23(34)35-4)11-15-5-7-16(8-6-15)27-19(30)10-9-18(29)24-12/h5-8,12-14,17H,9-11H2,1-4H3,(H,24,29)(H,25,31)(H,26,32)(H,27,30)(H,28,33). The van der Waals surface area contributed by atoms with Crippen LogP contribution in [0.3, 0.4) is 0 Å². The molecule has 1 aromatic carbocycles. The molecule has 2 bridgehead atoms. The number of ether oxygens (including phenoxy) is 1. The molecule has 1 aromatic rings. The summed E-state index contributed by atoms with van der Waals surface area (Å²) >= 11 is 0. The number of amides is 5. The van der Waals surface area contributed by atoms with Crippen LogP contribution in [0, 0.1) is 0 Å². The number of methoxy groups -OCH3 is 1. The van der Waals surface area contributed by atoms with Gasteiger partial charge in [-0.15, -0.1) is 0 Å². The molecular formula is C23H31N5O7. The van der Waals surface area contributed by atoms with E-state index in [0.717, 1.165) is 0 Å². The molecular weight excluding hydrogens is 458 g/mol. The maximum absolute atomic E-state index is 12.6. The number of anilines is 1. The van der Waals surface area contributed by atoms with Gasteiger partial charge in [0.15, 0.2) is 0 Å². The zero-order valence-corrected chi connectivity index (χ0v) is 20.1. The molecule has 2 aliphatic rings. The Bertz CT molecular complexity index is 979. The average molecular weight is 490 g/mol. The van der Waals surface area contributed by atoms with Crippen molar-refractivity contribution in [1.29, 1.82) is 0 Å². The zero-order chi connectivity index (χ0) is 26.1. The van der Waals surface area contributed by atoms with Crippen LogP contribution in [0.1, 0.15) is 39.2 Å². The lowest BCUT2D eigenvalue weighted by molar-refractivity contribution is -0.145. The Morgan fingerprint density at radius 1 is 0.743 bits per heavy atom. The highest BCUT2D eigenvalue weighted by atomic mass is 16.5. The predicted octanol–water partition coefficient (Wildman–Crippen LogP) is -0.867. The number of carbonyl (C=O) groups excluding carboxylic acids is 6. The molecule has 0 spiro atoms. The first-order valence-electron chi connectivity index (χ1n) is 11.2. The first-order valence-corrected chi connectivity index (χ1v) is 11.2. The van der Waals surface area contributed by atoms with E-state index in [4.69, 9.17) is 4.74 Å². The molecule has 190 valence electrons. The summed E-state index contributed by atoms with van der Waals surface area (Å²) in [5.74, 6) is -3.43. The minimum Gasteiger partial charge on any atom is -0.467 e. The van der Waals surface area contributed by atoms with Crippen molar-refractivity contribution in [3.05, 3.63) is 29.8 Å². The summed E-state index contributed by atoms with van der Waals surface area (Å²) in [4.78, 5) is 74.0. The number of nitrogens with one attached hydrogen (secondary N) is 5. The molecule has 5 amide bonds. The summed E-state index contributed by atoms with van der Waals surface area (Å²) in [6.45, 7) is 4.30.